The van der Waals surface area contributed by atoms with E-state index in [2.05, 4.69) is 16.4 Å². The molecule has 0 bridgehead atoms. The van der Waals surface area contributed by atoms with E-state index < -0.39 is 6.16 Å². The van der Waals surface area contributed by atoms with Crippen molar-refractivity contribution in [1.82, 2.24) is 0 Å². The van der Waals surface area contributed by atoms with E-state index in [9.17, 15) is 4.79 Å². The van der Waals surface area contributed by atoms with Crippen molar-refractivity contribution in [2.75, 3.05) is 19.8 Å². The molecule has 2 rings (SSSR count). The summed E-state index contributed by atoms with van der Waals surface area (Å²) in [7, 11) is 0. The number of aliphatic hydroxyl groups is 2. The molecule has 5 heteroatoms. The highest BCUT2D eigenvalue weighted by molar-refractivity contribution is 5.61. The molecule has 200 valence electrons. The smallest absolute Gasteiger partial charge is 0.430 e. The third-order valence-corrected chi connectivity index (χ3v) is 3.91. The van der Waals surface area contributed by atoms with Gasteiger partial charge in [-0.3, -0.25) is 0 Å². The minimum atomic E-state index is -0.531. The van der Waals surface area contributed by atoms with Crippen LogP contribution in [0.1, 0.15) is 131 Å². The average Bonchev–Trinajstić information content (AvgIpc) is 3.19. The van der Waals surface area contributed by atoms with Gasteiger partial charge < -0.3 is 19.7 Å². The highest BCUT2D eigenvalue weighted by atomic mass is 16.8. The molecule has 5 nitrogen and oxygen atoms in total. The molecule has 1 saturated heterocycles. The molecule has 2 aliphatic rings. The molecular weight excluding hydrogens is 392 g/mol. The van der Waals surface area contributed by atoms with Gasteiger partial charge in [-0.15, -0.1) is 0 Å². The Morgan fingerprint density at radius 2 is 1.10 bits per heavy atom. The Kier molecular flexibility index (Phi) is 79.4. The quantitative estimate of drug-likeness (QED) is 0.413. The van der Waals surface area contributed by atoms with Crippen molar-refractivity contribution >= 4 is 6.16 Å². The summed E-state index contributed by atoms with van der Waals surface area (Å²) >= 11 is 0. The van der Waals surface area contributed by atoms with Gasteiger partial charge in [0.25, 0.3) is 0 Å². The predicted octanol–water partition coefficient (Wildman–Crippen LogP) is 8.75. The number of ether oxygens (including phenoxy) is 2. The number of rotatable bonds is 3. The maximum atomic E-state index is 10.2. The second kappa shape index (κ2) is 47.1. The van der Waals surface area contributed by atoms with Crippen LogP contribution in [0.25, 0.3) is 0 Å². The molecule has 1 aliphatic heterocycles. The molecule has 0 aromatic heterocycles. The van der Waals surface area contributed by atoms with Crippen LogP contribution in [0.2, 0.25) is 0 Å². The van der Waals surface area contributed by atoms with Gasteiger partial charge in [-0.2, -0.15) is 0 Å². The minimum absolute atomic E-state index is 0. The Hall–Kier alpha value is -0.810. The normalized spacial score (nSPS) is 19.2. The monoisotopic (exact) mass is 458 g/mol. The van der Waals surface area contributed by atoms with Crippen LogP contribution in [-0.2, 0) is 9.47 Å². The van der Waals surface area contributed by atoms with E-state index in [0.29, 0.717) is 19.1 Å². The van der Waals surface area contributed by atoms with Crippen molar-refractivity contribution < 1.29 is 24.5 Å². The van der Waals surface area contributed by atoms with Gasteiger partial charge in [0.05, 0.1) is 0 Å². The molecule has 0 spiro atoms. The molecule has 1 unspecified atom stereocenters. The Morgan fingerprint density at radius 1 is 0.742 bits per heavy atom. The van der Waals surface area contributed by atoms with Crippen LogP contribution >= 0.6 is 0 Å². The molecule has 0 amide bonds. The summed E-state index contributed by atoms with van der Waals surface area (Å²) in [6, 6.07) is 0. The minimum Gasteiger partial charge on any atom is -0.430 e. The molecule has 2 N–H and O–H groups in total. The molecule has 31 heavy (non-hydrogen) atoms. The fraction of sp³-hybridized carbons (Fsp3) is 0.962. The molecule has 0 aromatic carbocycles. The summed E-state index contributed by atoms with van der Waals surface area (Å²) in [5.41, 5.74) is 0. The van der Waals surface area contributed by atoms with E-state index in [0.717, 1.165) is 12.3 Å². The van der Waals surface area contributed by atoms with Crippen molar-refractivity contribution in [2.45, 2.75) is 137 Å². The largest absolute Gasteiger partial charge is 0.508 e. The number of aliphatic hydroxyl groups excluding tert-OH is 2. The van der Waals surface area contributed by atoms with Crippen molar-refractivity contribution in [3.63, 3.8) is 0 Å². The summed E-state index contributed by atoms with van der Waals surface area (Å²) < 4.78 is 9.14. The molecule has 0 aromatic rings. The van der Waals surface area contributed by atoms with Crippen LogP contribution in [0.15, 0.2) is 0 Å². The Balaban J connectivity index is -0.0000000383. The van der Waals surface area contributed by atoms with E-state index in [1.165, 1.54) is 32.1 Å². The van der Waals surface area contributed by atoms with E-state index >= 15 is 0 Å². The molecule has 1 aliphatic carbocycles. The van der Waals surface area contributed by atoms with Crippen LogP contribution < -0.4 is 0 Å². The third kappa shape index (κ3) is 36.9. The highest BCUT2D eigenvalue weighted by Crippen LogP contribution is 2.29. The lowest BCUT2D eigenvalue weighted by Crippen LogP contribution is -2.16. The summed E-state index contributed by atoms with van der Waals surface area (Å²) in [6.07, 6.45) is 6.86. The van der Waals surface area contributed by atoms with E-state index in [1.807, 2.05) is 48.5 Å². The van der Waals surface area contributed by atoms with Gasteiger partial charge in [-0.05, 0) is 38.0 Å². The first-order chi connectivity index (χ1) is 13.1. The summed E-state index contributed by atoms with van der Waals surface area (Å²) in [6.45, 7) is 19.0. The van der Waals surface area contributed by atoms with Crippen molar-refractivity contribution in [3.8, 4) is 0 Å². The average molecular weight is 459 g/mol. The van der Waals surface area contributed by atoms with Gasteiger partial charge in [-0.1, -0.05) is 104 Å². The van der Waals surface area contributed by atoms with Crippen LogP contribution in [0.5, 0.6) is 0 Å². The molecule has 1 saturated carbocycles. The summed E-state index contributed by atoms with van der Waals surface area (Å²) in [4.78, 5) is 10.2. The zero-order valence-electron chi connectivity index (χ0n) is 19.7. The number of cyclic esters (lactones) is 2. The maximum absolute atomic E-state index is 10.2. The zero-order valence-corrected chi connectivity index (χ0v) is 19.7. The highest BCUT2D eigenvalue weighted by Gasteiger charge is 2.22. The van der Waals surface area contributed by atoms with E-state index in [1.54, 1.807) is 6.92 Å². The number of carbonyl (C=O) groups excluding carboxylic acids is 1. The Bertz CT molecular complexity index is 240. The molecule has 1 heterocycles. The van der Waals surface area contributed by atoms with Gasteiger partial charge in [0.2, 0.25) is 0 Å². The van der Waals surface area contributed by atoms with Crippen LogP contribution in [-0.4, -0.2) is 42.3 Å². The first kappa shape index (κ1) is 52.2. The van der Waals surface area contributed by atoms with Crippen LogP contribution in [0.3, 0.4) is 0 Å². The first-order valence-electron chi connectivity index (χ1n) is 11.2. The number of carbonyl (C=O) groups is 1. The Labute approximate surface area is 199 Å². The number of hydrogen-bond acceptors (Lipinski definition) is 5. The lowest BCUT2D eigenvalue weighted by Gasteiger charge is -2.26. The van der Waals surface area contributed by atoms with Gasteiger partial charge in [0.15, 0.2) is 0 Å². The molecule has 2 fully saturated rings. The van der Waals surface area contributed by atoms with Crippen LogP contribution in [0, 0.1) is 11.8 Å². The van der Waals surface area contributed by atoms with Gasteiger partial charge in [0.1, 0.15) is 12.7 Å². The van der Waals surface area contributed by atoms with Crippen molar-refractivity contribution in [1.29, 1.82) is 0 Å². The molecule has 0 radical (unpaired) electrons. The van der Waals surface area contributed by atoms with E-state index in [-0.39, 0.29) is 42.4 Å². The third-order valence-electron chi connectivity index (χ3n) is 3.91. The van der Waals surface area contributed by atoms with Crippen molar-refractivity contribution in [3.05, 3.63) is 0 Å². The summed E-state index contributed by atoms with van der Waals surface area (Å²) in [5.74, 6) is 1.59. The predicted molar refractivity (Wildman–Crippen MR) is 143 cm³/mol. The first-order valence-corrected chi connectivity index (χ1v) is 11.2. The van der Waals surface area contributed by atoms with E-state index in [4.69, 9.17) is 10.2 Å². The lowest BCUT2D eigenvalue weighted by molar-refractivity contribution is 0.117. The zero-order chi connectivity index (χ0) is 22.1. The van der Waals surface area contributed by atoms with Crippen molar-refractivity contribution in [2.24, 2.45) is 11.8 Å². The maximum Gasteiger partial charge on any atom is 0.508 e. The Morgan fingerprint density at radius 3 is 1.29 bits per heavy atom. The van der Waals surface area contributed by atoms with Gasteiger partial charge in [0, 0.05) is 13.2 Å². The molecule has 1 atom stereocenters. The summed E-state index contributed by atoms with van der Waals surface area (Å²) in [5, 5.41) is 16.4. The topological polar surface area (TPSA) is 76.0 Å². The fourth-order valence-corrected chi connectivity index (χ4v) is 2.39. The standard InChI is InChI=1S/C9H18O.C5H8O3.C2H6O.3C2H6.4CH4/c1-2-8-3-5-9(7-10)6-4-8;1-2-4-3-7-5(6)8-4;1-2-3;3*1-2;;;;/h8-10H,2-7H2,1H3;4H,2-3H2,1H3;3H,2H2,1H3;3*1-2H3;4*1H4. The van der Waals surface area contributed by atoms with Gasteiger partial charge >= 0.3 is 6.16 Å². The molecular formula is C26H66O5. The van der Waals surface area contributed by atoms with Crippen LogP contribution in [0.4, 0.5) is 4.79 Å². The fourth-order valence-electron chi connectivity index (χ4n) is 2.39. The lowest BCUT2D eigenvalue weighted by atomic mass is 9.81. The SMILES string of the molecule is C.C.C.C.CC.CC.CC.CCC1CCC(CO)CC1.CCC1COC(=O)O1.CCO. The van der Waals surface area contributed by atoms with Gasteiger partial charge in [-0.25, -0.2) is 4.79 Å². The second-order valence-corrected chi connectivity index (χ2v) is 5.50. The number of hydrogen-bond donors (Lipinski definition) is 2. The second-order valence-electron chi connectivity index (χ2n) is 5.50.